The summed E-state index contributed by atoms with van der Waals surface area (Å²) in [7, 11) is 0. The summed E-state index contributed by atoms with van der Waals surface area (Å²) < 4.78 is 5.22. The Bertz CT molecular complexity index is 313. The van der Waals surface area contributed by atoms with E-state index in [0.717, 1.165) is 38.3 Å². The molecular weight excluding hydrogens is 240 g/mol. The van der Waals surface area contributed by atoms with Crippen molar-refractivity contribution in [3.05, 3.63) is 0 Å². The molecule has 4 nitrogen and oxygen atoms in total. The van der Waals surface area contributed by atoms with Crippen molar-refractivity contribution in [2.75, 3.05) is 26.2 Å². The Morgan fingerprint density at radius 2 is 2.00 bits per heavy atom. The summed E-state index contributed by atoms with van der Waals surface area (Å²) in [6, 6.07) is 0. The third-order valence-corrected chi connectivity index (χ3v) is 4.20. The normalized spacial score (nSPS) is 22.3. The number of nitrogens with zero attached hydrogens (tertiary/aromatic N) is 1. The molecule has 2 rings (SSSR count). The van der Waals surface area contributed by atoms with Crippen molar-refractivity contribution in [2.24, 2.45) is 17.6 Å². The summed E-state index contributed by atoms with van der Waals surface area (Å²) in [5.74, 6) is 0.955. The monoisotopic (exact) mass is 268 g/mol. The highest BCUT2D eigenvalue weighted by molar-refractivity contribution is 5.82. The van der Waals surface area contributed by atoms with Gasteiger partial charge in [-0.25, -0.2) is 4.79 Å². The van der Waals surface area contributed by atoms with Crippen molar-refractivity contribution in [1.82, 2.24) is 4.90 Å². The van der Waals surface area contributed by atoms with Gasteiger partial charge in [-0.2, -0.15) is 0 Å². The minimum absolute atomic E-state index is 0.200. The van der Waals surface area contributed by atoms with Gasteiger partial charge in [0.25, 0.3) is 0 Å². The second-order valence-corrected chi connectivity index (χ2v) is 6.21. The van der Waals surface area contributed by atoms with Gasteiger partial charge in [0.1, 0.15) is 5.54 Å². The SMILES string of the molecule is CCCN(CC1CC1)CC(N)(C(=O)OCC)C1CC1. The fourth-order valence-electron chi connectivity index (χ4n) is 2.81. The van der Waals surface area contributed by atoms with Crippen molar-refractivity contribution < 1.29 is 9.53 Å². The average molecular weight is 268 g/mol. The van der Waals surface area contributed by atoms with Gasteiger partial charge in [0, 0.05) is 13.1 Å². The first-order chi connectivity index (χ1) is 9.10. The van der Waals surface area contributed by atoms with Gasteiger partial charge in [-0.3, -0.25) is 0 Å². The molecule has 0 aliphatic heterocycles. The Balaban J connectivity index is 1.97. The van der Waals surface area contributed by atoms with E-state index in [2.05, 4.69) is 11.8 Å². The molecule has 1 atom stereocenters. The van der Waals surface area contributed by atoms with Crippen molar-refractivity contribution in [1.29, 1.82) is 0 Å². The summed E-state index contributed by atoms with van der Waals surface area (Å²) in [6.07, 6.45) is 5.91. The van der Waals surface area contributed by atoms with E-state index in [1.54, 1.807) is 0 Å². The van der Waals surface area contributed by atoms with Crippen LogP contribution in [0, 0.1) is 11.8 Å². The second-order valence-electron chi connectivity index (χ2n) is 6.21. The lowest BCUT2D eigenvalue weighted by atomic mass is 9.93. The molecule has 19 heavy (non-hydrogen) atoms. The van der Waals surface area contributed by atoms with E-state index in [1.165, 1.54) is 12.8 Å². The number of carbonyl (C=O) groups is 1. The van der Waals surface area contributed by atoms with E-state index in [9.17, 15) is 4.79 Å². The molecule has 1 unspecified atom stereocenters. The first-order valence-corrected chi connectivity index (χ1v) is 7.78. The van der Waals surface area contributed by atoms with Crippen LogP contribution in [0.3, 0.4) is 0 Å². The van der Waals surface area contributed by atoms with E-state index in [-0.39, 0.29) is 5.97 Å². The van der Waals surface area contributed by atoms with Gasteiger partial charge in [-0.05, 0) is 57.4 Å². The molecule has 0 radical (unpaired) electrons. The topological polar surface area (TPSA) is 55.6 Å². The zero-order valence-electron chi connectivity index (χ0n) is 12.4. The zero-order valence-corrected chi connectivity index (χ0v) is 12.4. The van der Waals surface area contributed by atoms with Crippen molar-refractivity contribution in [2.45, 2.75) is 51.5 Å². The summed E-state index contributed by atoms with van der Waals surface area (Å²) in [6.45, 7) is 7.24. The first-order valence-electron chi connectivity index (χ1n) is 7.78. The maximum atomic E-state index is 12.2. The molecule has 2 fully saturated rings. The van der Waals surface area contributed by atoms with E-state index >= 15 is 0 Å². The highest BCUT2D eigenvalue weighted by Crippen LogP contribution is 2.40. The Morgan fingerprint density at radius 3 is 2.47 bits per heavy atom. The molecule has 0 spiro atoms. The number of ether oxygens (including phenoxy) is 1. The Kier molecular flexibility index (Phi) is 4.85. The van der Waals surface area contributed by atoms with Crippen LogP contribution >= 0.6 is 0 Å². The maximum absolute atomic E-state index is 12.2. The summed E-state index contributed by atoms with van der Waals surface area (Å²) in [5, 5.41) is 0. The number of esters is 1. The van der Waals surface area contributed by atoms with Gasteiger partial charge >= 0.3 is 5.97 Å². The predicted octanol–water partition coefficient (Wildman–Crippen LogP) is 1.78. The largest absolute Gasteiger partial charge is 0.465 e. The molecule has 0 amide bonds. The second kappa shape index (κ2) is 6.23. The summed E-state index contributed by atoms with van der Waals surface area (Å²) >= 11 is 0. The Morgan fingerprint density at radius 1 is 1.32 bits per heavy atom. The van der Waals surface area contributed by atoms with Crippen molar-refractivity contribution in [3.63, 3.8) is 0 Å². The van der Waals surface area contributed by atoms with Crippen LogP contribution in [0.2, 0.25) is 0 Å². The van der Waals surface area contributed by atoms with Crippen molar-refractivity contribution >= 4 is 5.97 Å². The van der Waals surface area contributed by atoms with Crippen LogP contribution in [0.4, 0.5) is 0 Å². The minimum Gasteiger partial charge on any atom is -0.465 e. The first kappa shape index (κ1) is 14.8. The van der Waals surface area contributed by atoms with E-state index in [4.69, 9.17) is 10.5 Å². The smallest absolute Gasteiger partial charge is 0.327 e. The van der Waals surface area contributed by atoms with Gasteiger partial charge in [0.15, 0.2) is 0 Å². The van der Waals surface area contributed by atoms with Crippen LogP contribution in [0.1, 0.15) is 46.0 Å². The molecule has 0 aromatic heterocycles. The fraction of sp³-hybridized carbons (Fsp3) is 0.933. The van der Waals surface area contributed by atoms with Crippen LogP contribution < -0.4 is 5.73 Å². The lowest BCUT2D eigenvalue weighted by molar-refractivity contribution is -0.151. The fourth-order valence-corrected chi connectivity index (χ4v) is 2.81. The van der Waals surface area contributed by atoms with Gasteiger partial charge in [-0.1, -0.05) is 6.92 Å². The van der Waals surface area contributed by atoms with E-state index in [0.29, 0.717) is 19.1 Å². The standard InChI is InChI=1S/C15H28N2O2/c1-3-9-17(10-12-5-6-12)11-15(16,13-7-8-13)14(18)19-4-2/h12-13H,3-11,16H2,1-2H3. The van der Waals surface area contributed by atoms with Crippen LogP contribution in [0.25, 0.3) is 0 Å². The molecule has 0 bridgehead atoms. The number of rotatable bonds is 9. The minimum atomic E-state index is -0.778. The third-order valence-electron chi connectivity index (χ3n) is 4.20. The molecule has 4 heteroatoms. The van der Waals surface area contributed by atoms with Crippen LogP contribution in [0.5, 0.6) is 0 Å². The molecule has 0 saturated heterocycles. The molecule has 0 aromatic carbocycles. The van der Waals surface area contributed by atoms with E-state index in [1.807, 2.05) is 6.92 Å². The quantitative estimate of drug-likeness (QED) is 0.648. The van der Waals surface area contributed by atoms with Gasteiger partial charge in [0.05, 0.1) is 6.61 Å². The van der Waals surface area contributed by atoms with Gasteiger partial charge < -0.3 is 15.4 Å². The molecule has 2 N–H and O–H groups in total. The number of hydrogen-bond acceptors (Lipinski definition) is 4. The molecular formula is C15H28N2O2. The van der Waals surface area contributed by atoms with Crippen LogP contribution in [0.15, 0.2) is 0 Å². The van der Waals surface area contributed by atoms with Crippen LogP contribution in [-0.2, 0) is 9.53 Å². The summed E-state index contributed by atoms with van der Waals surface area (Å²) in [4.78, 5) is 14.6. The zero-order chi connectivity index (χ0) is 13.9. The highest BCUT2D eigenvalue weighted by Gasteiger charge is 2.50. The van der Waals surface area contributed by atoms with E-state index < -0.39 is 5.54 Å². The predicted molar refractivity (Wildman–Crippen MR) is 75.7 cm³/mol. The summed E-state index contributed by atoms with van der Waals surface area (Å²) in [5.41, 5.74) is 5.67. The molecule has 0 aromatic rings. The Labute approximate surface area is 116 Å². The number of nitrogens with two attached hydrogens (primary N) is 1. The Hall–Kier alpha value is -0.610. The highest BCUT2D eigenvalue weighted by atomic mass is 16.5. The molecule has 2 aliphatic rings. The molecule has 2 aliphatic carbocycles. The molecule has 0 heterocycles. The molecule has 2 saturated carbocycles. The van der Waals surface area contributed by atoms with Gasteiger partial charge in [-0.15, -0.1) is 0 Å². The average Bonchev–Trinajstić information content (AvgIpc) is 3.22. The lowest BCUT2D eigenvalue weighted by Crippen LogP contribution is -2.59. The lowest BCUT2D eigenvalue weighted by Gasteiger charge is -2.33. The van der Waals surface area contributed by atoms with Crippen molar-refractivity contribution in [3.8, 4) is 0 Å². The number of hydrogen-bond donors (Lipinski definition) is 1. The third kappa shape index (κ3) is 3.93. The number of carbonyl (C=O) groups excluding carboxylic acids is 1. The van der Waals surface area contributed by atoms with Crippen LogP contribution in [-0.4, -0.2) is 42.6 Å². The van der Waals surface area contributed by atoms with Gasteiger partial charge in [0.2, 0.25) is 0 Å². The maximum Gasteiger partial charge on any atom is 0.327 e. The molecule has 110 valence electrons.